The fraction of sp³-hybridized carbons (Fsp3) is 0.0196. The highest BCUT2D eigenvalue weighted by Gasteiger charge is 2.18. The number of para-hydroxylation sites is 1. The molecule has 0 saturated heterocycles. The summed E-state index contributed by atoms with van der Waals surface area (Å²) in [6.07, 6.45) is 0. The molecule has 0 N–H and O–H groups in total. The minimum absolute atomic E-state index is 0.920. The lowest BCUT2D eigenvalue weighted by molar-refractivity contribution is 0.669. The predicted octanol–water partition coefficient (Wildman–Crippen LogP) is 14.3. The van der Waals surface area contributed by atoms with Gasteiger partial charge in [-0.25, -0.2) is 0 Å². The van der Waals surface area contributed by atoms with E-state index >= 15 is 0 Å². The van der Waals surface area contributed by atoms with Gasteiger partial charge in [0.1, 0.15) is 11.2 Å². The van der Waals surface area contributed by atoms with Crippen molar-refractivity contribution in [3.8, 4) is 39.1 Å². The highest BCUT2D eigenvalue weighted by atomic mass is 16.3. The summed E-state index contributed by atoms with van der Waals surface area (Å²) in [6.45, 7) is 2.13. The molecule has 11 aromatic rings. The predicted molar refractivity (Wildman–Crippen MR) is 224 cm³/mol. The maximum Gasteiger partial charge on any atom is 0.135 e. The highest BCUT2D eigenvalue weighted by Crippen LogP contribution is 2.44. The van der Waals surface area contributed by atoms with Gasteiger partial charge in [0.05, 0.1) is 11.0 Å². The summed E-state index contributed by atoms with van der Waals surface area (Å²) < 4.78 is 8.58. The van der Waals surface area contributed by atoms with Gasteiger partial charge in [0.25, 0.3) is 0 Å². The molecule has 2 aromatic heterocycles. The Hall–Kier alpha value is -6.90. The molecule has 0 bridgehead atoms. The first-order chi connectivity index (χ1) is 26.2. The summed E-state index contributed by atoms with van der Waals surface area (Å²) >= 11 is 0. The van der Waals surface area contributed by atoms with E-state index in [-0.39, 0.29) is 0 Å². The van der Waals surface area contributed by atoms with E-state index in [0.29, 0.717) is 0 Å². The standard InChI is InChI=1S/C51H33NO/c1-32-19-27-48-44(29-32)45-31-36(23-28-49(45)53-48)35-22-26-47-43(30-35)38-13-9-10-18-46(38)52(47)37-24-20-34(21-25-37)51-41-16-7-5-14-39(41)50(33-11-3-2-4-12-33)40-15-6-8-17-42(40)51/h2-31H,1H3. The van der Waals surface area contributed by atoms with Crippen LogP contribution < -0.4 is 0 Å². The number of hydrogen-bond donors (Lipinski definition) is 0. The summed E-state index contributed by atoms with van der Waals surface area (Å²) in [7, 11) is 0. The summed E-state index contributed by atoms with van der Waals surface area (Å²) in [4.78, 5) is 0. The zero-order chi connectivity index (χ0) is 35.0. The largest absolute Gasteiger partial charge is 0.456 e. The van der Waals surface area contributed by atoms with Crippen LogP contribution in [0.25, 0.3) is 104 Å². The molecule has 2 heterocycles. The molecule has 0 radical (unpaired) electrons. The third-order valence-electron chi connectivity index (χ3n) is 11.0. The van der Waals surface area contributed by atoms with Crippen LogP contribution >= 0.6 is 0 Å². The van der Waals surface area contributed by atoms with Gasteiger partial charge in [-0.05, 0) is 116 Å². The van der Waals surface area contributed by atoms with Crippen molar-refractivity contribution in [2.45, 2.75) is 6.92 Å². The molecule has 2 heteroatoms. The number of nitrogens with zero attached hydrogens (tertiary/aromatic N) is 1. The van der Waals surface area contributed by atoms with E-state index in [4.69, 9.17) is 4.42 Å². The van der Waals surface area contributed by atoms with E-state index in [2.05, 4.69) is 193 Å². The van der Waals surface area contributed by atoms with Crippen molar-refractivity contribution in [3.63, 3.8) is 0 Å². The second-order valence-corrected chi connectivity index (χ2v) is 14.2. The Morgan fingerprint density at radius 2 is 0.811 bits per heavy atom. The normalized spacial score (nSPS) is 11.9. The molecule has 0 unspecified atom stereocenters. The minimum Gasteiger partial charge on any atom is -0.456 e. The lowest BCUT2D eigenvalue weighted by Crippen LogP contribution is -1.94. The maximum atomic E-state index is 6.18. The van der Waals surface area contributed by atoms with E-state index in [9.17, 15) is 0 Å². The van der Waals surface area contributed by atoms with Crippen molar-refractivity contribution in [1.29, 1.82) is 0 Å². The summed E-state index contributed by atoms with van der Waals surface area (Å²) in [5.74, 6) is 0. The molecule has 0 amide bonds. The van der Waals surface area contributed by atoms with Crippen molar-refractivity contribution >= 4 is 65.3 Å². The lowest BCUT2D eigenvalue weighted by Gasteiger charge is -2.18. The van der Waals surface area contributed by atoms with Crippen molar-refractivity contribution in [3.05, 3.63) is 188 Å². The Labute approximate surface area is 306 Å². The zero-order valence-corrected chi connectivity index (χ0v) is 29.2. The van der Waals surface area contributed by atoms with Gasteiger partial charge >= 0.3 is 0 Å². The van der Waals surface area contributed by atoms with Crippen LogP contribution in [0.5, 0.6) is 0 Å². The van der Waals surface area contributed by atoms with E-state index in [1.807, 2.05) is 0 Å². The molecule has 11 rings (SSSR count). The molecule has 0 atom stereocenters. The topological polar surface area (TPSA) is 18.1 Å². The van der Waals surface area contributed by atoms with Crippen LogP contribution in [0.2, 0.25) is 0 Å². The van der Waals surface area contributed by atoms with Crippen LogP contribution in [0.1, 0.15) is 5.56 Å². The molecule has 53 heavy (non-hydrogen) atoms. The van der Waals surface area contributed by atoms with Crippen molar-refractivity contribution in [1.82, 2.24) is 4.57 Å². The highest BCUT2D eigenvalue weighted by molar-refractivity contribution is 6.21. The van der Waals surface area contributed by atoms with Crippen molar-refractivity contribution < 1.29 is 4.42 Å². The summed E-state index contributed by atoms with van der Waals surface area (Å²) in [5, 5.41) is 9.86. The van der Waals surface area contributed by atoms with Crippen LogP contribution in [0.4, 0.5) is 0 Å². The van der Waals surface area contributed by atoms with Crippen LogP contribution in [0.15, 0.2) is 186 Å². The summed E-state index contributed by atoms with van der Waals surface area (Å²) in [6, 6.07) is 66.3. The quantitative estimate of drug-likeness (QED) is 0.170. The van der Waals surface area contributed by atoms with Gasteiger partial charge in [0.15, 0.2) is 0 Å². The number of aromatic nitrogens is 1. The van der Waals surface area contributed by atoms with Crippen LogP contribution in [0, 0.1) is 6.92 Å². The molecular weight excluding hydrogens is 643 g/mol. The monoisotopic (exact) mass is 675 g/mol. The van der Waals surface area contributed by atoms with Gasteiger partial charge < -0.3 is 8.98 Å². The van der Waals surface area contributed by atoms with Gasteiger partial charge in [0.2, 0.25) is 0 Å². The van der Waals surface area contributed by atoms with Gasteiger partial charge in [-0.2, -0.15) is 0 Å². The molecule has 0 aliphatic heterocycles. The minimum atomic E-state index is 0.920. The van der Waals surface area contributed by atoms with Crippen LogP contribution in [-0.2, 0) is 0 Å². The fourth-order valence-corrected chi connectivity index (χ4v) is 8.63. The first-order valence-corrected chi connectivity index (χ1v) is 18.3. The SMILES string of the molecule is Cc1ccc2oc3ccc(-c4ccc5c(c4)c4ccccc4n5-c4ccc(-c5c6ccccc6c(-c6ccccc6)c6ccccc56)cc4)cc3c2c1. The second-order valence-electron chi connectivity index (χ2n) is 14.2. The smallest absolute Gasteiger partial charge is 0.135 e. The maximum absolute atomic E-state index is 6.18. The average Bonchev–Trinajstić information content (AvgIpc) is 3.75. The van der Waals surface area contributed by atoms with Gasteiger partial charge in [-0.3, -0.25) is 0 Å². The van der Waals surface area contributed by atoms with Crippen molar-refractivity contribution in [2.75, 3.05) is 0 Å². The van der Waals surface area contributed by atoms with Crippen molar-refractivity contribution in [2.24, 2.45) is 0 Å². The van der Waals surface area contributed by atoms with Gasteiger partial charge in [0, 0.05) is 27.2 Å². The van der Waals surface area contributed by atoms with Crippen LogP contribution in [-0.4, -0.2) is 4.57 Å². The van der Waals surface area contributed by atoms with E-state index in [0.717, 1.165) is 27.6 Å². The molecule has 0 aliphatic carbocycles. The average molecular weight is 676 g/mol. The number of rotatable bonds is 4. The molecule has 248 valence electrons. The first kappa shape index (κ1) is 29.8. The number of furan rings is 1. The number of hydrogen-bond acceptors (Lipinski definition) is 1. The Kier molecular flexibility index (Phi) is 6.50. The summed E-state index contributed by atoms with van der Waals surface area (Å²) in [5.41, 5.74) is 14.0. The Balaban J connectivity index is 1.06. The Bertz CT molecular complexity index is 3160. The fourth-order valence-electron chi connectivity index (χ4n) is 8.63. The molecule has 0 fully saturated rings. The second kappa shape index (κ2) is 11.6. The number of benzene rings is 9. The van der Waals surface area contributed by atoms with E-state index in [1.54, 1.807) is 0 Å². The van der Waals surface area contributed by atoms with Gasteiger partial charge in [-0.15, -0.1) is 0 Å². The molecule has 0 saturated carbocycles. The first-order valence-electron chi connectivity index (χ1n) is 18.3. The molecule has 0 spiro atoms. The van der Waals surface area contributed by atoms with Gasteiger partial charge in [-0.1, -0.05) is 133 Å². The Morgan fingerprint density at radius 3 is 1.47 bits per heavy atom. The Morgan fingerprint density at radius 1 is 0.340 bits per heavy atom. The zero-order valence-electron chi connectivity index (χ0n) is 29.2. The van der Waals surface area contributed by atoms with E-state index in [1.165, 1.54) is 82.3 Å². The third kappa shape index (κ3) is 4.59. The number of aryl methyl sites for hydroxylation is 1. The molecular formula is C51H33NO. The molecule has 0 aliphatic rings. The van der Waals surface area contributed by atoms with Crippen LogP contribution in [0.3, 0.4) is 0 Å². The molecule has 9 aromatic carbocycles. The third-order valence-corrected chi connectivity index (χ3v) is 11.0. The lowest BCUT2D eigenvalue weighted by atomic mass is 9.86. The molecule has 2 nitrogen and oxygen atoms in total. The van der Waals surface area contributed by atoms with E-state index < -0.39 is 0 Å². The number of fused-ring (bicyclic) bond motifs is 8.